The van der Waals surface area contributed by atoms with Crippen molar-refractivity contribution in [3.05, 3.63) is 12.7 Å². The van der Waals surface area contributed by atoms with Gasteiger partial charge in [-0.1, -0.05) is 6.08 Å². The van der Waals surface area contributed by atoms with E-state index >= 15 is 0 Å². The smallest absolute Gasteiger partial charge is 0.217 e. The van der Waals surface area contributed by atoms with Gasteiger partial charge < -0.3 is 24.6 Å². The quantitative estimate of drug-likeness (QED) is 0.691. The van der Waals surface area contributed by atoms with Crippen LogP contribution < -0.4 is 5.32 Å². The van der Waals surface area contributed by atoms with Gasteiger partial charge in [0.15, 0.2) is 12.1 Å². The zero-order valence-electron chi connectivity index (χ0n) is 10.8. The molecular weight excluding hydrogens is 238 g/mol. The molecular formula is C12H19NO5. The fourth-order valence-electron chi connectivity index (χ4n) is 2.32. The maximum atomic E-state index is 11.1. The Bertz CT molecular complexity index is 356. The lowest BCUT2D eigenvalue weighted by atomic mass is 10.0. The topological polar surface area (TPSA) is 77.0 Å². The molecule has 2 N–H and O–H groups in total. The molecule has 0 aromatic carbocycles. The van der Waals surface area contributed by atoms with Gasteiger partial charge in [0.1, 0.15) is 18.3 Å². The lowest BCUT2D eigenvalue weighted by Crippen LogP contribution is -2.48. The Labute approximate surface area is 106 Å². The van der Waals surface area contributed by atoms with Crippen molar-refractivity contribution >= 4 is 5.91 Å². The third-order valence-corrected chi connectivity index (χ3v) is 3.03. The van der Waals surface area contributed by atoms with E-state index in [1.807, 2.05) is 0 Å². The number of hydrogen-bond acceptors (Lipinski definition) is 5. The minimum Gasteiger partial charge on any atom is -0.387 e. The summed E-state index contributed by atoms with van der Waals surface area (Å²) in [7, 11) is 0. The van der Waals surface area contributed by atoms with Crippen LogP contribution in [0.2, 0.25) is 0 Å². The summed E-state index contributed by atoms with van der Waals surface area (Å²) in [5.74, 6) is -0.978. The van der Waals surface area contributed by atoms with Crippen LogP contribution in [0.1, 0.15) is 20.8 Å². The third-order valence-electron chi connectivity index (χ3n) is 3.03. The van der Waals surface area contributed by atoms with Crippen LogP contribution in [0.5, 0.6) is 0 Å². The van der Waals surface area contributed by atoms with Crippen LogP contribution in [0.15, 0.2) is 12.7 Å². The molecule has 2 aliphatic rings. The lowest BCUT2D eigenvalue weighted by molar-refractivity contribution is -0.216. The van der Waals surface area contributed by atoms with Gasteiger partial charge in [-0.2, -0.15) is 0 Å². The Morgan fingerprint density at radius 3 is 2.67 bits per heavy atom. The second-order valence-electron chi connectivity index (χ2n) is 5.02. The van der Waals surface area contributed by atoms with Gasteiger partial charge in [0.25, 0.3) is 0 Å². The fourth-order valence-corrected chi connectivity index (χ4v) is 2.32. The summed E-state index contributed by atoms with van der Waals surface area (Å²) in [6.45, 7) is 8.54. The van der Waals surface area contributed by atoms with E-state index in [0.717, 1.165) is 0 Å². The van der Waals surface area contributed by atoms with E-state index < -0.39 is 36.4 Å². The second-order valence-corrected chi connectivity index (χ2v) is 5.02. The number of hydrogen-bond donors (Lipinski definition) is 2. The molecule has 2 heterocycles. The van der Waals surface area contributed by atoms with Crippen LogP contribution in [-0.2, 0) is 19.0 Å². The van der Waals surface area contributed by atoms with Crippen molar-refractivity contribution in [2.24, 2.45) is 0 Å². The second kappa shape index (κ2) is 4.62. The van der Waals surface area contributed by atoms with Gasteiger partial charge in [0.2, 0.25) is 5.91 Å². The first-order valence-electron chi connectivity index (χ1n) is 5.93. The maximum absolute atomic E-state index is 11.1. The summed E-state index contributed by atoms with van der Waals surface area (Å²) in [5.41, 5.74) is 0. The van der Waals surface area contributed by atoms with E-state index in [-0.39, 0.29) is 5.91 Å². The van der Waals surface area contributed by atoms with E-state index in [0.29, 0.717) is 0 Å². The van der Waals surface area contributed by atoms with Crippen LogP contribution >= 0.6 is 0 Å². The molecule has 0 saturated carbocycles. The summed E-state index contributed by atoms with van der Waals surface area (Å²) in [6, 6.07) is -0.474. The molecule has 0 aliphatic carbocycles. The largest absolute Gasteiger partial charge is 0.387 e. The molecule has 18 heavy (non-hydrogen) atoms. The van der Waals surface area contributed by atoms with Gasteiger partial charge in [-0.05, 0) is 13.8 Å². The SMILES string of the molecule is C=C[C@@H](NC(C)=O)[C@H]1O[C@@H]2OC(C)(C)O[C@@H]2[C@@H]1O. The minimum atomic E-state index is -0.869. The zero-order chi connectivity index (χ0) is 13.5. The minimum absolute atomic E-state index is 0.213. The average molecular weight is 257 g/mol. The fraction of sp³-hybridized carbons (Fsp3) is 0.750. The lowest BCUT2D eigenvalue weighted by Gasteiger charge is -2.27. The number of fused-ring (bicyclic) bond motifs is 1. The molecule has 0 spiro atoms. The van der Waals surface area contributed by atoms with Crippen molar-refractivity contribution in [1.29, 1.82) is 0 Å². The number of aliphatic hydroxyl groups excluding tert-OH is 1. The molecule has 2 rings (SSSR count). The number of aliphatic hydroxyl groups is 1. The van der Waals surface area contributed by atoms with Gasteiger partial charge in [0.05, 0.1) is 6.04 Å². The molecule has 2 fully saturated rings. The van der Waals surface area contributed by atoms with E-state index in [2.05, 4.69) is 11.9 Å². The van der Waals surface area contributed by atoms with Crippen molar-refractivity contribution < 1.29 is 24.1 Å². The molecule has 6 nitrogen and oxygen atoms in total. The van der Waals surface area contributed by atoms with Crippen LogP contribution in [-0.4, -0.2) is 47.4 Å². The van der Waals surface area contributed by atoms with Gasteiger partial charge in [-0.3, -0.25) is 4.79 Å². The molecule has 6 heteroatoms. The molecule has 0 radical (unpaired) electrons. The zero-order valence-corrected chi connectivity index (χ0v) is 10.8. The molecule has 0 aromatic rings. The Kier molecular flexibility index (Phi) is 3.46. The summed E-state index contributed by atoms with van der Waals surface area (Å²) in [5, 5.41) is 12.8. The number of amides is 1. The number of nitrogens with one attached hydrogen (secondary N) is 1. The molecule has 0 unspecified atom stereocenters. The summed E-state index contributed by atoms with van der Waals surface area (Å²) in [6.07, 6.45) is -1.11. The molecule has 2 aliphatic heterocycles. The number of rotatable bonds is 3. The summed E-state index contributed by atoms with van der Waals surface area (Å²) in [4.78, 5) is 11.1. The predicted octanol–water partition coefficient (Wildman–Crippen LogP) is -0.0856. The van der Waals surface area contributed by atoms with Gasteiger partial charge in [0, 0.05) is 6.92 Å². The van der Waals surface area contributed by atoms with E-state index in [1.165, 1.54) is 13.0 Å². The predicted molar refractivity (Wildman–Crippen MR) is 62.5 cm³/mol. The first-order valence-corrected chi connectivity index (χ1v) is 5.93. The monoisotopic (exact) mass is 257 g/mol. The average Bonchev–Trinajstić information content (AvgIpc) is 2.70. The highest BCUT2D eigenvalue weighted by molar-refractivity contribution is 5.73. The normalized spacial score (nSPS) is 39.1. The molecule has 2 saturated heterocycles. The Hall–Kier alpha value is -0.950. The van der Waals surface area contributed by atoms with Crippen molar-refractivity contribution in [1.82, 2.24) is 5.32 Å². The highest BCUT2D eigenvalue weighted by Gasteiger charge is 2.55. The molecule has 5 atom stereocenters. The summed E-state index contributed by atoms with van der Waals surface area (Å²) < 4.78 is 16.7. The van der Waals surface area contributed by atoms with Crippen molar-refractivity contribution in [2.45, 2.75) is 57.2 Å². The first kappa shape index (κ1) is 13.5. The van der Waals surface area contributed by atoms with Crippen LogP contribution in [0.4, 0.5) is 0 Å². The van der Waals surface area contributed by atoms with Crippen molar-refractivity contribution in [3.8, 4) is 0 Å². The van der Waals surface area contributed by atoms with Crippen LogP contribution in [0, 0.1) is 0 Å². The van der Waals surface area contributed by atoms with Gasteiger partial charge in [-0.15, -0.1) is 6.58 Å². The standard InChI is InChI=1S/C12H19NO5/c1-5-7(13-6(2)14)9-8(15)10-11(16-9)18-12(3,4)17-10/h5,7-11,15H,1H2,2-4H3,(H,13,14)/t7-,8-,9-,10-,11-/m1/s1. The Morgan fingerprint density at radius 1 is 1.50 bits per heavy atom. The maximum Gasteiger partial charge on any atom is 0.217 e. The highest BCUT2D eigenvalue weighted by Crippen LogP contribution is 2.38. The first-order chi connectivity index (χ1) is 8.34. The Morgan fingerprint density at radius 2 is 2.17 bits per heavy atom. The number of ether oxygens (including phenoxy) is 3. The Balaban J connectivity index is 2.06. The number of carbonyl (C=O) groups excluding carboxylic acids is 1. The van der Waals surface area contributed by atoms with Crippen molar-refractivity contribution in [2.75, 3.05) is 0 Å². The summed E-state index contributed by atoms with van der Waals surface area (Å²) >= 11 is 0. The van der Waals surface area contributed by atoms with E-state index in [9.17, 15) is 9.90 Å². The number of carbonyl (C=O) groups is 1. The van der Waals surface area contributed by atoms with Crippen LogP contribution in [0.3, 0.4) is 0 Å². The molecule has 102 valence electrons. The van der Waals surface area contributed by atoms with E-state index in [1.54, 1.807) is 13.8 Å². The molecule has 0 bridgehead atoms. The van der Waals surface area contributed by atoms with E-state index in [4.69, 9.17) is 14.2 Å². The molecule has 0 aromatic heterocycles. The highest BCUT2D eigenvalue weighted by atomic mass is 16.8. The van der Waals surface area contributed by atoms with Gasteiger partial charge in [-0.25, -0.2) is 0 Å². The van der Waals surface area contributed by atoms with Crippen LogP contribution in [0.25, 0.3) is 0 Å². The molecule has 1 amide bonds. The third kappa shape index (κ3) is 2.42. The van der Waals surface area contributed by atoms with Crippen molar-refractivity contribution in [3.63, 3.8) is 0 Å². The van der Waals surface area contributed by atoms with Gasteiger partial charge >= 0.3 is 0 Å².